The van der Waals surface area contributed by atoms with Crippen LogP contribution in [0.1, 0.15) is 45.2 Å². The lowest BCUT2D eigenvalue weighted by Crippen LogP contribution is -2.57. The Labute approximate surface area is 173 Å². The van der Waals surface area contributed by atoms with E-state index in [4.69, 9.17) is 5.41 Å². The van der Waals surface area contributed by atoms with Gasteiger partial charge in [-0.05, 0) is 50.7 Å². The first-order chi connectivity index (χ1) is 13.6. The van der Waals surface area contributed by atoms with Crippen molar-refractivity contribution in [3.05, 3.63) is 17.8 Å². The third kappa shape index (κ3) is 6.99. The smallest absolute Gasteiger partial charge is 0.370 e. The first kappa shape index (κ1) is 23.1. The summed E-state index contributed by atoms with van der Waals surface area (Å²) in [4.78, 5) is 18.6. The number of aromatic nitrogens is 1. The number of hydrogen-bond donors (Lipinski definition) is 3. The summed E-state index contributed by atoms with van der Waals surface area (Å²) in [5, 5.41) is 11.9. The monoisotopic (exact) mass is 424 g/mol. The summed E-state index contributed by atoms with van der Waals surface area (Å²) >= 11 is 0. The fourth-order valence-corrected chi connectivity index (χ4v) is 4.31. The maximum atomic E-state index is 12.2. The van der Waals surface area contributed by atoms with Gasteiger partial charge in [-0.15, -0.1) is 0 Å². The number of carbonyl (C=O) groups is 1. The number of nitrogens with one attached hydrogen (secondary N) is 2. The van der Waals surface area contributed by atoms with Crippen LogP contribution in [0.3, 0.4) is 0 Å². The van der Waals surface area contributed by atoms with Crippen molar-refractivity contribution in [3.8, 4) is 0 Å². The van der Waals surface area contributed by atoms with Crippen molar-refractivity contribution in [1.29, 1.82) is 0 Å². The molecule has 1 aromatic heterocycles. The molecular weight excluding hydrogens is 390 g/mol. The molecule has 162 valence electrons. The first-order valence-electron chi connectivity index (χ1n) is 10.2. The average molecular weight is 425 g/mol. The molecule has 4 N–H and O–H groups in total. The number of amidine groups is 1. The zero-order chi connectivity index (χ0) is 21.6. The SMILES string of the molecule is Cc1nc(NCCCC2CCN(C(=O)NC(=[NH2+])C(C)C)CC2)ccc1S(C)(=O)=O. The van der Waals surface area contributed by atoms with Crippen molar-refractivity contribution >= 4 is 27.5 Å². The molecule has 1 saturated heterocycles. The number of hydrogen-bond acceptors (Lipinski definition) is 5. The van der Waals surface area contributed by atoms with Crippen molar-refractivity contribution in [2.45, 2.75) is 51.3 Å². The van der Waals surface area contributed by atoms with E-state index in [1.54, 1.807) is 19.1 Å². The largest absolute Gasteiger partial charge is 0.408 e. The number of nitrogens with zero attached hydrogens (tertiary/aromatic N) is 2. The zero-order valence-electron chi connectivity index (χ0n) is 17.9. The molecule has 0 unspecified atom stereocenters. The molecule has 1 aromatic rings. The lowest BCUT2D eigenvalue weighted by atomic mass is 9.92. The molecule has 0 saturated carbocycles. The summed E-state index contributed by atoms with van der Waals surface area (Å²) in [6.07, 6.45) is 5.27. The van der Waals surface area contributed by atoms with Gasteiger partial charge in [0.25, 0.3) is 5.84 Å². The average Bonchev–Trinajstić information content (AvgIpc) is 2.64. The molecule has 2 heterocycles. The Morgan fingerprint density at radius 1 is 1.31 bits per heavy atom. The van der Waals surface area contributed by atoms with Crippen LogP contribution < -0.4 is 16.0 Å². The molecule has 0 radical (unpaired) electrons. The van der Waals surface area contributed by atoms with Gasteiger partial charge >= 0.3 is 6.03 Å². The van der Waals surface area contributed by atoms with Crippen LogP contribution >= 0.6 is 0 Å². The standard InChI is InChI=1S/C20H33N5O3S/c1-14(2)19(21)24-20(26)25-12-9-16(10-13-25)6-5-11-22-18-8-7-17(15(3)23-18)29(4,27)28/h7-8,14,16H,5-6,9-13H2,1-4H3,(H,22,23)(H2,21,24,26)/p+1. The highest BCUT2D eigenvalue weighted by Crippen LogP contribution is 2.22. The number of carbonyl (C=O) groups excluding carboxylic acids is 1. The lowest BCUT2D eigenvalue weighted by molar-refractivity contribution is -0.123. The maximum absolute atomic E-state index is 12.2. The third-order valence-corrected chi connectivity index (χ3v) is 6.54. The van der Waals surface area contributed by atoms with E-state index >= 15 is 0 Å². The van der Waals surface area contributed by atoms with Gasteiger partial charge in [-0.3, -0.25) is 5.41 Å². The van der Waals surface area contributed by atoms with Crippen molar-refractivity contribution < 1.29 is 18.6 Å². The number of urea groups is 1. The van der Waals surface area contributed by atoms with Gasteiger partial charge in [-0.2, -0.15) is 5.32 Å². The number of rotatable bonds is 7. The Kier molecular flexibility index (Phi) is 8.01. The first-order valence-corrected chi connectivity index (χ1v) is 12.1. The normalized spacial score (nSPS) is 15.4. The van der Waals surface area contributed by atoms with Gasteiger partial charge in [0.2, 0.25) is 0 Å². The molecule has 1 fully saturated rings. The number of anilines is 1. The van der Waals surface area contributed by atoms with E-state index in [0.717, 1.165) is 45.3 Å². The highest BCUT2D eigenvalue weighted by atomic mass is 32.2. The van der Waals surface area contributed by atoms with Gasteiger partial charge in [0.05, 0.1) is 16.5 Å². The van der Waals surface area contributed by atoms with Crippen LogP contribution in [0.4, 0.5) is 10.6 Å². The molecule has 9 heteroatoms. The number of likely N-dealkylation sites (tertiary alicyclic amines) is 1. The van der Waals surface area contributed by atoms with Crippen LogP contribution in [0.25, 0.3) is 0 Å². The minimum absolute atomic E-state index is 0.102. The van der Waals surface area contributed by atoms with Gasteiger partial charge in [0, 0.05) is 25.9 Å². The molecule has 2 rings (SSSR count). The Bertz CT molecular complexity index is 831. The highest BCUT2D eigenvalue weighted by molar-refractivity contribution is 7.90. The summed E-state index contributed by atoms with van der Waals surface area (Å²) in [6, 6.07) is 3.21. The lowest BCUT2D eigenvalue weighted by Gasteiger charge is -2.30. The zero-order valence-corrected chi connectivity index (χ0v) is 18.7. The number of aryl methyl sites for hydroxylation is 1. The van der Waals surface area contributed by atoms with E-state index in [1.807, 2.05) is 18.7 Å². The molecule has 8 nitrogen and oxygen atoms in total. The van der Waals surface area contributed by atoms with Gasteiger partial charge in [0.15, 0.2) is 9.84 Å². The number of amides is 2. The predicted molar refractivity (Wildman–Crippen MR) is 114 cm³/mol. The minimum Gasteiger partial charge on any atom is -0.370 e. The van der Waals surface area contributed by atoms with E-state index in [-0.39, 0.29) is 16.8 Å². The minimum atomic E-state index is -3.24. The molecule has 0 aromatic carbocycles. The van der Waals surface area contributed by atoms with Crippen LogP contribution in [-0.4, -0.2) is 56.1 Å². The van der Waals surface area contributed by atoms with Crippen LogP contribution in [0.5, 0.6) is 0 Å². The third-order valence-electron chi connectivity index (χ3n) is 5.31. The van der Waals surface area contributed by atoms with Crippen LogP contribution in [0, 0.1) is 18.8 Å². The van der Waals surface area contributed by atoms with Crippen molar-refractivity contribution in [2.75, 3.05) is 31.2 Å². The number of nitrogens with two attached hydrogens (primary N) is 1. The van der Waals surface area contributed by atoms with E-state index < -0.39 is 9.84 Å². The number of sulfone groups is 1. The molecule has 0 atom stereocenters. The van der Waals surface area contributed by atoms with Gasteiger partial charge < -0.3 is 10.2 Å². The maximum Gasteiger partial charge on any atom is 0.408 e. The molecule has 0 spiro atoms. The molecule has 1 aliphatic heterocycles. The quantitative estimate of drug-likeness (QED) is 0.346. The van der Waals surface area contributed by atoms with Crippen LogP contribution in [0.2, 0.25) is 0 Å². The fourth-order valence-electron chi connectivity index (χ4n) is 3.42. The summed E-state index contributed by atoms with van der Waals surface area (Å²) in [6.45, 7) is 7.90. The fraction of sp³-hybridized carbons (Fsp3) is 0.650. The number of pyridine rings is 1. The summed E-state index contributed by atoms with van der Waals surface area (Å²) in [5.74, 6) is 1.94. The topological polar surface area (TPSA) is 117 Å². The molecule has 2 amide bonds. The van der Waals surface area contributed by atoms with Gasteiger partial charge in [0.1, 0.15) is 5.82 Å². The van der Waals surface area contributed by atoms with E-state index in [2.05, 4.69) is 15.6 Å². The second-order valence-electron chi connectivity index (χ2n) is 8.09. The second kappa shape index (κ2) is 10.0. The van der Waals surface area contributed by atoms with Crippen LogP contribution in [0.15, 0.2) is 17.0 Å². The van der Waals surface area contributed by atoms with Crippen LogP contribution in [-0.2, 0) is 9.84 Å². The van der Waals surface area contributed by atoms with Crippen molar-refractivity contribution in [1.82, 2.24) is 15.2 Å². The molecular formula is C20H34N5O3S+. The Balaban J connectivity index is 1.69. The van der Waals surface area contributed by atoms with E-state index in [9.17, 15) is 13.2 Å². The van der Waals surface area contributed by atoms with Gasteiger partial charge in [-0.25, -0.2) is 18.2 Å². The van der Waals surface area contributed by atoms with E-state index in [0.29, 0.717) is 23.3 Å². The Morgan fingerprint density at radius 2 is 1.97 bits per heavy atom. The van der Waals surface area contributed by atoms with E-state index in [1.165, 1.54) is 6.26 Å². The Hall–Kier alpha value is -2.16. The molecule has 1 aliphatic rings. The summed E-state index contributed by atoms with van der Waals surface area (Å²) in [7, 11) is -3.24. The molecule has 29 heavy (non-hydrogen) atoms. The number of piperidine rings is 1. The second-order valence-corrected chi connectivity index (χ2v) is 10.1. The summed E-state index contributed by atoms with van der Waals surface area (Å²) in [5.41, 5.74) is 0.512. The van der Waals surface area contributed by atoms with Crippen molar-refractivity contribution in [2.24, 2.45) is 11.8 Å². The highest BCUT2D eigenvalue weighted by Gasteiger charge is 2.26. The Morgan fingerprint density at radius 3 is 2.52 bits per heavy atom. The predicted octanol–water partition coefficient (Wildman–Crippen LogP) is 1.22. The molecule has 0 aliphatic carbocycles. The molecule has 0 bridgehead atoms. The van der Waals surface area contributed by atoms with Crippen molar-refractivity contribution in [3.63, 3.8) is 0 Å². The summed E-state index contributed by atoms with van der Waals surface area (Å²) < 4.78 is 23.3. The van der Waals surface area contributed by atoms with Gasteiger partial charge in [-0.1, -0.05) is 13.8 Å².